The minimum atomic E-state index is 0.544. The van der Waals surface area contributed by atoms with Gasteiger partial charge in [0, 0.05) is 18.3 Å². The number of methoxy groups -OCH3 is 1. The number of hydrogen-bond donors (Lipinski definition) is 1. The van der Waals surface area contributed by atoms with Crippen molar-refractivity contribution in [3.05, 3.63) is 53.7 Å². The van der Waals surface area contributed by atoms with Crippen LogP contribution in [0.5, 0.6) is 5.75 Å². The molecule has 20 heavy (non-hydrogen) atoms. The van der Waals surface area contributed by atoms with Crippen molar-refractivity contribution in [1.29, 1.82) is 0 Å². The summed E-state index contributed by atoms with van der Waals surface area (Å²) in [5.74, 6) is 1.75. The predicted molar refractivity (Wildman–Crippen MR) is 79.9 cm³/mol. The lowest BCUT2D eigenvalue weighted by Gasteiger charge is -2.10. The van der Waals surface area contributed by atoms with Gasteiger partial charge in [-0.25, -0.2) is 4.98 Å². The lowest BCUT2D eigenvalue weighted by Crippen LogP contribution is -2.04. The fourth-order valence-electron chi connectivity index (χ4n) is 1.88. The zero-order valence-corrected chi connectivity index (χ0v) is 11.9. The highest BCUT2D eigenvalue weighted by Gasteiger charge is 2.02. The van der Waals surface area contributed by atoms with E-state index in [9.17, 15) is 0 Å². The fraction of sp³-hybridized carbons (Fsp3) is 0.312. The average Bonchev–Trinajstić information content (AvgIpc) is 2.50. The summed E-state index contributed by atoms with van der Waals surface area (Å²) in [6, 6.07) is 11.8. The smallest absolute Gasteiger partial charge is 0.131 e. The maximum absolute atomic E-state index is 5.75. The Morgan fingerprint density at radius 3 is 2.60 bits per heavy atom. The summed E-state index contributed by atoms with van der Waals surface area (Å²) >= 11 is 0. The molecule has 1 aromatic carbocycles. The number of nitrogens with zero attached hydrogens (tertiary/aromatic N) is 1. The monoisotopic (exact) mass is 272 g/mol. The van der Waals surface area contributed by atoms with Crippen LogP contribution in [0.25, 0.3) is 0 Å². The van der Waals surface area contributed by atoms with Crippen LogP contribution in [0.15, 0.2) is 42.6 Å². The van der Waals surface area contributed by atoms with Gasteiger partial charge in [-0.05, 0) is 30.7 Å². The molecule has 0 bridgehead atoms. The first-order valence-corrected chi connectivity index (χ1v) is 6.72. The summed E-state index contributed by atoms with van der Waals surface area (Å²) in [5, 5.41) is 3.23. The molecule has 0 aliphatic rings. The van der Waals surface area contributed by atoms with Crippen LogP contribution in [0.2, 0.25) is 0 Å². The Bertz CT molecular complexity index is 526. The van der Waals surface area contributed by atoms with Crippen molar-refractivity contribution in [3.63, 3.8) is 0 Å². The van der Waals surface area contributed by atoms with E-state index < -0.39 is 0 Å². The zero-order valence-electron chi connectivity index (χ0n) is 11.9. The van der Waals surface area contributed by atoms with Gasteiger partial charge in [0.25, 0.3) is 0 Å². The van der Waals surface area contributed by atoms with E-state index in [1.165, 1.54) is 0 Å². The maximum atomic E-state index is 5.75. The van der Waals surface area contributed by atoms with E-state index in [1.807, 2.05) is 36.4 Å². The predicted octanol–water partition coefficient (Wildman–Crippen LogP) is 3.24. The minimum absolute atomic E-state index is 0.544. The lowest BCUT2D eigenvalue weighted by atomic mass is 10.2. The Kier molecular flexibility index (Phi) is 5.38. The first-order valence-electron chi connectivity index (χ1n) is 6.72. The van der Waals surface area contributed by atoms with Crippen molar-refractivity contribution < 1.29 is 9.47 Å². The standard InChI is InChI=1S/C16H20N2O2/c1-3-17-16-14(5-4-10-18-16)12-20-11-13-6-8-15(19-2)9-7-13/h4-10H,3,11-12H2,1-2H3,(H,17,18). The molecule has 0 spiro atoms. The van der Waals surface area contributed by atoms with E-state index in [0.717, 1.165) is 29.2 Å². The molecule has 4 heteroatoms. The largest absolute Gasteiger partial charge is 0.497 e. The third-order valence-corrected chi connectivity index (χ3v) is 2.92. The van der Waals surface area contributed by atoms with Gasteiger partial charge in [0.2, 0.25) is 0 Å². The van der Waals surface area contributed by atoms with Gasteiger partial charge in [-0.1, -0.05) is 18.2 Å². The van der Waals surface area contributed by atoms with Crippen LogP contribution in [0.4, 0.5) is 5.82 Å². The number of rotatable bonds is 7. The molecule has 0 amide bonds. The summed E-state index contributed by atoms with van der Waals surface area (Å²) in [6.07, 6.45) is 1.78. The van der Waals surface area contributed by atoms with E-state index in [0.29, 0.717) is 13.2 Å². The third kappa shape index (κ3) is 3.96. The van der Waals surface area contributed by atoms with Crippen LogP contribution < -0.4 is 10.1 Å². The number of nitrogens with one attached hydrogen (secondary N) is 1. The molecule has 1 aromatic heterocycles. The molecule has 2 rings (SSSR count). The second-order valence-electron chi connectivity index (χ2n) is 4.38. The third-order valence-electron chi connectivity index (χ3n) is 2.92. The van der Waals surface area contributed by atoms with Crippen molar-refractivity contribution >= 4 is 5.82 Å². The summed E-state index contributed by atoms with van der Waals surface area (Å²) in [6.45, 7) is 4.02. The Morgan fingerprint density at radius 2 is 1.90 bits per heavy atom. The van der Waals surface area contributed by atoms with Gasteiger partial charge in [0.05, 0.1) is 20.3 Å². The number of pyridine rings is 1. The number of ether oxygens (including phenoxy) is 2. The van der Waals surface area contributed by atoms with Gasteiger partial charge in [-0.15, -0.1) is 0 Å². The SMILES string of the molecule is CCNc1ncccc1COCc1ccc(OC)cc1. The molecule has 0 atom stereocenters. The minimum Gasteiger partial charge on any atom is -0.497 e. The maximum Gasteiger partial charge on any atom is 0.131 e. The Morgan fingerprint density at radius 1 is 1.10 bits per heavy atom. The van der Waals surface area contributed by atoms with Gasteiger partial charge in [0.1, 0.15) is 11.6 Å². The van der Waals surface area contributed by atoms with Crippen molar-refractivity contribution in [2.75, 3.05) is 19.0 Å². The van der Waals surface area contributed by atoms with E-state index in [2.05, 4.69) is 17.2 Å². The van der Waals surface area contributed by atoms with Crippen molar-refractivity contribution in [3.8, 4) is 5.75 Å². The molecule has 2 aromatic rings. The highest BCUT2D eigenvalue weighted by atomic mass is 16.5. The van der Waals surface area contributed by atoms with Gasteiger partial charge in [-0.3, -0.25) is 0 Å². The molecular formula is C16H20N2O2. The molecule has 0 fully saturated rings. The molecule has 1 heterocycles. The molecule has 0 radical (unpaired) electrons. The molecule has 4 nitrogen and oxygen atoms in total. The Labute approximate surface area is 119 Å². The topological polar surface area (TPSA) is 43.4 Å². The van der Waals surface area contributed by atoms with Crippen LogP contribution in [0, 0.1) is 0 Å². The average molecular weight is 272 g/mol. The second kappa shape index (κ2) is 7.50. The Hall–Kier alpha value is -2.07. The first kappa shape index (κ1) is 14.3. The second-order valence-corrected chi connectivity index (χ2v) is 4.38. The summed E-state index contributed by atoms with van der Waals surface area (Å²) in [5.41, 5.74) is 2.20. The zero-order chi connectivity index (χ0) is 14.2. The van der Waals surface area contributed by atoms with Crippen molar-refractivity contribution in [2.24, 2.45) is 0 Å². The quantitative estimate of drug-likeness (QED) is 0.840. The Balaban J connectivity index is 1.89. The fourth-order valence-corrected chi connectivity index (χ4v) is 1.88. The van der Waals surface area contributed by atoms with E-state index in [1.54, 1.807) is 13.3 Å². The summed E-state index contributed by atoms with van der Waals surface area (Å²) in [7, 11) is 1.66. The molecule has 0 saturated carbocycles. The van der Waals surface area contributed by atoms with Gasteiger partial charge in [-0.2, -0.15) is 0 Å². The number of benzene rings is 1. The van der Waals surface area contributed by atoms with Gasteiger partial charge >= 0.3 is 0 Å². The van der Waals surface area contributed by atoms with Crippen LogP contribution in [-0.2, 0) is 18.0 Å². The van der Waals surface area contributed by atoms with E-state index in [4.69, 9.17) is 9.47 Å². The lowest BCUT2D eigenvalue weighted by molar-refractivity contribution is 0.107. The van der Waals surface area contributed by atoms with Crippen LogP contribution in [0.3, 0.4) is 0 Å². The number of hydrogen-bond acceptors (Lipinski definition) is 4. The van der Waals surface area contributed by atoms with Crippen LogP contribution in [-0.4, -0.2) is 18.6 Å². The van der Waals surface area contributed by atoms with Crippen LogP contribution in [0.1, 0.15) is 18.1 Å². The highest BCUT2D eigenvalue weighted by molar-refractivity contribution is 5.43. The van der Waals surface area contributed by atoms with Crippen LogP contribution >= 0.6 is 0 Å². The molecule has 0 aliphatic heterocycles. The molecule has 0 unspecified atom stereocenters. The molecular weight excluding hydrogens is 252 g/mol. The van der Waals surface area contributed by atoms with Crippen molar-refractivity contribution in [2.45, 2.75) is 20.1 Å². The van der Waals surface area contributed by atoms with E-state index >= 15 is 0 Å². The first-order chi connectivity index (χ1) is 9.83. The number of aromatic nitrogens is 1. The van der Waals surface area contributed by atoms with Gasteiger partial charge in [0.15, 0.2) is 0 Å². The highest BCUT2D eigenvalue weighted by Crippen LogP contribution is 2.15. The van der Waals surface area contributed by atoms with Gasteiger partial charge < -0.3 is 14.8 Å². The van der Waals surface area contributed by atoms with Crippen molar-refractivity contribution in [1.82, 2.24) is 4.98 Å². The molecule has 1 N–H and O–H groups in total. The molecule has 106 valence electrons. The summed E-state index contributed by atoms with van der Waals surface area (Å²) < 4.78 is 10.9. The molecule has 0 aliphatic carbocycles. The molecule has 0 saturated heterocycles. The normalized spacial score (nSPS) is 10.3. The summed E-state index contributed by atoms with van der Waals surface area (Å²) in [4.78, 5) is 4.31. The van der Waals surface area contributed by atoms with E-state index in [-0.39, 0.29) is 0 Å². The number of anilines is 1.